The summed E-state index contributed by atoms with van der Waals surface area (Å²) < 4.78 is 5.78. The number of amides is 1. The maximum Gasteiger partial charge on any atom is 0.267 e. The average molecular weight is 274 g/mol. The highest BCUT2D eigenvalue weighted by molar-refractivity contribution is 5.99. The number of nitrogens with one attached hydrogen (secondary N) is 1. The molecule has 2 atom stereocenters. The number of rotatable bonds is 3. The molecule has 20 heavy (non-hydrogen) atoms. The van der Waals surface area contributed by atoms with E-state index in [9.17, 15) is 4.79 Å². The Kier molecular flexibility index (Phi) is 3.66. The number of carbonyl (C=O) groups is 1. The van der Waals surface area contributed by atoms with Gasteiger partial charge in [0, 0.05) is 13.1 Å². The number of hydrogen-bond donors (Lipinski definition) is 1. The van der Waals surface area contributed by atoms with Gasteiger partial charge in [-0.25, -0.2) is 0 Å². The zero-order valence-electron chi connectivity index (χ0n) is 12.2. The highest BCUT2D eigenvalue weighted by Gasteiger charge is 2.31. The molecule has 2 heterocycles. The largest absolute Gasteiger partial charge is 0.478 e. The van der Waals surface area contributed by atoms with E-state index in [1.807, 2.05) is 20.0 Å². The fourth-order valence-corrected chi connectivity index (χ4v) is 3.06. The molecule has 0 aliphatic carbocycles. The number of likely N-dealkylation sites (N-methyl/N-ethyl adjacent to an activating group) is 1. The first kappa shape index (κ1) is 13.4. The fourth-order valence-electron chi connectivity index (χ4n) is 3.06. The summed E-state index contributed by atoms with van der Waals surface area (Å²) in [7, 11) is 1.84. The normalized spacial score (nSPS) is 25.5. The number of benzene rings is 1. The lowest BCUT2D eigenvalue weighted by Gasteiger charge is -2.32. The molecule has 1 aromatic carbocycles. The summed E-state index contributed by atoms with van der Waals surface area (Å²) >= 11 is 0. The molecule has 1 N–H and O–H groups in total. The van der Waals surface area contributed by atoms with E-state index in [0.717, 1.165) is 24.4 Å². The van der Waals surface area contributed by atoms with Crippen LogP contribution in [0.15, 0.2) is 18.2 Å². The molecule has 0 radical (unpaired) electrons. The summed E-state index contributed by atoms with van der Waals surface area (Å²) in [5.41, 5.74) is 2.16. The number of ether oxygens (including phenoxy) is 1. The quantitative estimate of drug-likeness (QED) is 0.918. The lowest BCUT2D eigenvalue weighted by atomic mass is 10.0. The van der Waals surface area contributed by atoms with Crippen molar-refractivity contribution >= 4 is 11.6 Å². The number of fused-ring (bicyclic) bond motifs is 1. The Morgan fingerprint density at radius 3 is 3.00 bits per heavy atom. The second-order valence-corrected chi connectivity index (χ2v) is 5.71. The Hall–Kier alpha value is -1.55. The number of hydrogen-bond acceptors (Lipinski definition) is 3. The summed E-state index contributed by atoms with van der Waals surface area (Å²) in [4.78, 5) is 13.9. The van der Waals surface area contributed by atoms with Crippen LogP contribution in [0.25, 0.3) is 0 Å². The monoisotopic (exact) mass is 274 g/mol. The van der Waals surface area contributed by atoms with Gasteiger partial charge in [-0.05, 0) is 49.9 Å². The number of nitrogens with zero attached hydrogens (tertiary/aromatic N) is 1. The van der Waals surface area contributed by atoms with Gasteiger partial charge in [-0.3, -0.25) is 4.79 Å². The molecule has 1 fully saturated rings. The smallest absolute Gasteiger partial charge is 0.267 e. The third kappa shape index (κ3) is 2.40. The van der Waals surface area contributed by atoms with E-state index >= 15 is 0 Å². The zero-order valence-corrected chi connectivity index (χ0v) is 12.2. The minimum Gasteiger partial charge on any atom is -0.478 e. The van der Waals surface area contributed by atoms with Gasteiger partial charge in [0.2, 0.25) is 0 Å². The molecule has 4 heteroatoms. The third-order valence-electron chi connectivity index (χ3n) is 4.28. The van der Waals surface area contributed by atoms with Gasteiger partial charge in [0.25, 0.3) is 5.91 Å². The van der Waals surface area contributed by atoms with Gasteiger partial charge >= 0.3 is 0 Å². The summed E-state index contributed by atoms with van der Waals surface area (Å²) in [6, 6.07) is 6.79. The van der Waals surface area contributed by atoms with Gasteiger partial charge in [-0.1, -0.05) is 13.0 Å². The van der Waals surface area contributed by atoms with Gasteiger partial charge in [0.1, 0.15) is 5.75 Å². The first-order valence-electron chi connectivity index (χ1n) is 7.49. The van der Waals surface area contributed by atoms with Gasteiger partial charge in [0.05, 0.1) is 5.69 Å². The molecule has 3 rings (SSSR count). The van der Waals surface area contributed by atoms with Crippen molar-refractivity contribution in [3.63, 3.8) is 0 Å². The van der Waals surface area contributed by atoms with Crippen molar-refractivity contribution < 1.29 is 9.53 Å². The molecule has 4 nitrogen and oxygen atoms in total. The highest BCUT2D eigenvalue weighted by atomic mass is 16.5. The van der Waals surface area contributed by atoms with Gasteiger partial charge in [-0.2, -0.15) is 0 Å². The lowest BCUT2D eigenvalue weighted by Crippen LogP contribution is -2.43. The SMILES string of the molecule is CCC1Oc2ccc(CC3CCCN3)cc2N(C)C1=O. The van der Waals surface area contributed by atoms with Crippen LogP contribution in [0.4, 0.5) is 5.69 Å². The predicted octanol–water partition coefficient (Wildman–Crippen LogP) is 2.11. The molecule has 0 spiro atoms. The van der Waals surface area contributed by atoms with Crippen LogP contribution in [0.3, 0.4) is 0 Å². The third-order valence-corrected chi connectivity index (χ3v) is 4.28. The van der Waals surface area contributed by atoms with Crippen molar-refractivity contribution in [2.75, 3.05) is 18.5 Å². The molecular formula is C16H22N2O2. The van der Waals surface area contributed by atoms with Crippen LogP contribution < -0.4 is 15.0 Å². The van der Waals surface area contributed by atoms with E-state index in [1.54, 1.807) is 4.90 Å². The van der Waals surface area contributed by atoms with Crippen LogP contribution in [-0.2, 0) is 11.2 Å². The molecule has 108 valence electrons. The summed E-state index contributed by atoms with van der Waals surface area (Å²) in [6.07, 6.45) is 3.88. The molecular weight excluding hydrogens is 252 g/mol. The highest BCUT2D eigenvalue weighted by Crippen LogP contribution is 2.35. The van der Waals surface area contributed by atoms with Crippen molar-refractivity contribution in [3.05, 3.63) is 23.8 Å². The molecule has 2 aliphatic rings. The standard InChI is InChI=1S/C16H22N2O2/c1-3-14-16(19)18(2)13-10-11(6-7-15(13)20-14)9-12-5-4-8-17-12/h6-7,10,12,14,17H,3-5,8-9H2,1-2H3. The van der Waals surface area contributed by atoms with E-state index in [2.05, 4.69) is 17.4 Å². The maximum absolute atomic E-state index is 12.2. The molecule has 1 saturated heterocycles. The Morgan fingerprint density at radius 1 is 1.45 bits per heavy atom. The van der Waals surface area contributed by atoms with E-state index in [4.69, 9.17) is 4.74 Å². The minimum atomic E-state index is -0.338. The zero-order chi connectivity index (χ0) is 14.1. The molecule has 2 unspecified atom stereocenters. The first-order chi connectivity index (χ1) is 9.69. The molecule has 1 aromatic rings. The summed E-state index contributed by atoms with van der Waals surface area (Å²) in [5.74, 6) is 0.873. The van der Waals surface area contributed by atoms with Crippen LogP contribution in [-0.4, -0.2) is 31.6 Å². The van der Waals surface area contributed by atoms with E-state index in [-0.39, 0.29) is 12.0 Å². The number of anilines is 1. The van der Waals surface area contributed by atoms with E-state index in [1.165, 1.54) is 18.4 Å². The lowest BCUT2D eigenvalue weighted by molar-refractivity contribution is -0.126. The predicted molar refractivity (Wildman–Crippen MR) is 79.3 cm³/mol. The van der Waals surface area contributed by atoms with Crippen LogP contribution >= 0.6 is 0 Å². The minimum absolute atomic E-state index is 0.0520. The van der Waals surface area contributed by atoms with Crippen LogP contribution in [0, 0.1) is 0 Å². The van der Waals surface area contributed by atoms with Crippen molar-refractivity contribution in [2.24, 2.45) is 0 Å². The van der Waals surface area contributed by atoms with Gasteiger partial charge in [-0.15, -0.1) is 0 Å². The Bertz CT molecular complexity index is 509. The van der Waals surface area contributed by atoms with E-state index in [0.29, 0.717) is 12.5 Å². The van der Waals surface area contributed by atoms with Crippen molar-refractivity contribution in [3.8, 4) is 5.75 Å². The maximum atomic E-state index is 12.2. The van der Waals surface area contributed by atoms with E-state index < -0.39 is 0 Å². The number of carbonyl (C=O) groups excluding carboxylic acids is 1. The van der Waals surface area contributed by atoms with Gasteiger partial charge in [0.15, 0.2) is 6.10 Å². The summed E-state index contributed by atoms with van der Waals surface area (Å²) in [5, 5.41) is 3.51. The van der Waals surface area contributed by atoms with Crippen molar-refractivity contribution in [2.45, 2.75) is 44.8 Å². The average Bonchev–Trinajstić information content (AvgIpc) is 2.96. The Labute approximate surface area is 120 Å². The fraction of sp³-hybridized carbons (Fsp3) is 0.562. The van der Waals surface area contributed by atoms with Crippen LogP contribution in [0.5, 0.6) is 5.75 Å². The molecule has 1 amide bonds. The summed E-state index contributed by atoms with van der Waals surface area (Å²) in [6.45, 7) is 3.09. The Morgan fingerprint density at radius 2 is 2.30 bits per heavy atom. The topological polar surface area (TPSA) is 41.6 Å². The Balaban J connectivity index is 1.83. The second kappa shape index (κ2) is 5.44. The van der Waals surface area contributed by atoms with Crippen molar-refractivity contribution in [1.29, 1.82) is 0 Å². The van der Waals surface area contributed by atoms with Crippen LogP contribution in [0.2, 0.25) is 0 Å². The molecule has 2 aliphatic heterocycles. The molecule has 0 aromatic heterocycles. The van der Waals surface area contributed by atoms with Gasteiger partial charge < -0.3 is 15.0 Å². The molecule has 0 bridgehead atoms. The first-order valence-corrected chi connectivity index (χ1v) is 7.49. The van der Waals surface area contributed by atoms with Crippen molar-refractivity contribution in [1.82, 2.24) is 5.32 Å². The van der Waals surface area contributed by atoms with Crippen LogP contribution in [0.1, 0.15) is 31.7 Å². The molecule has 0 saturated carbocycles. The second-order valence-electron chi connectivity index (χ2n) is 5.71.